The van der Waals surface area contributed by atoms with Crippen molar-refractivity contribution in [2.24, 2.45) is 5.92 Å². The predicted molar refractivity (Wildman–Crippen MR) is 137 cm³/mol. The molecule has 36 heavy (non-hydrogen) atoms. The van der Waals surface area contributed by atoms with Crippen LogP contribution in [0, 0.1) is 16.0 Å². The molecule has 3 aromatic rings. The number of benzene rings is 2. The monoisotopic (exact) mass is 490 g/mol. The van der Waals surface area contributed by atoms with E-state index in [0.717, 1.165) is 31.1 Å². The molecule has 1 saturated heterocycles. The van der Waals surface area contributed by atoms with Crippen molar-refractivity contribution < 1.29 is 19.2 Å². The fourth-order valence-electron chi connectivity index (χ4n) is 4.59. The lowest BCUT2D eigenvalue weighted by Gasteiger charge is -2.32. The molecule has 0 spiro atoms. The first-order valence-corrected chi connectivity index (χ1v) is 12.3. The van der Waals surface area contributed by atoms with Gasteiger partial charge in [-0.15, -0.1) is 0 Å². The van der Waals surface area contributed by atoms with E-state index in [2.05, 4.69) is 16.9 Å². The Morgan fingerprint density at radius 2 is 1.86 bits per heavy atom. The highest BCUT2D eigenvalue weighted by Crippen LogP contribution is 2.41. The molecular formula is C27H30N4O5. The van der Waals surface area contributed by atoms with E-state index in [9.17, 15) is 14.9 Å². The van der Waals surface area contributed by atoms with Crippen molar-refractivity contribution >= 4 is 17.8 Å². The molecule has 1 fully saturated rings. The van der Waals surface area contributed by atoms with Crippen LogP contribution in [0.4, 0.5) is 11.5 Å². The number of ether oxygens (including phenoxy) is 2. The molecule has 1 aliphatic rings. The number of nitro groups is 1. The first kappa shape index (κ1) is 25.1. The van der Waals surface area contributed by atoms with Gasteiger partial charge in [-0.2, -0.15) is 4.98 Å². The van der Waals surface area contributed by atoms with Gasteiger partial charge in [-0.1, -0.05) is 44.0 Å². The minimum atomic E-state index is -0.478. The molecule has 2 heterocycles. The summed E-state index contributed by atoms with van der Waals surface area (Å²) in [4.78, 5) is 33.2. The lowest BCUT2D eigenvalue weighted by molar-refractivity contribution is -0.385. The smallest absolute Gasteiger partial charge is 0.373 e. The number of carbonyl (C=O) groups is 1. The Kier molecular flexibility index (Phi) is 8.10. The highest BCUT2D eigenvalue weighted by Gasteiger charge is 2.31. The van der Waals surface area contributed by atoms with Gasteiger partial charge in [0.1, 0.15) is 24.1 Å². The number of anilines is 1. The maximum Gasteiger partial charge on any atom is 0.373 e. The molecule has 0 atom stereocenters. The number of rotatable bonds is 10. The van der Waals surface area contributed by atoms with E-state index in [4.69, 9.17) is 9.47 Å². The Bertz CT molecular complexity index is 1210. The van der Waals surface area contributed by atoms with Crippen molar-refractivity contribution in [3.8, 4) is 28.5 Å². The fourth-order valence-corrected chi connectivity index (χ4v) is 4.59. The van der Waals surface area contributed by atoms with Gasteiger partial charge in [0, 0.05) is 30.3 Å². The van der Waals surface area contributed by atoms with Crippen LogP contribution >= 0.6 is 0 Å². The molecule has 0 bridgehead atoms. The molecule has 0 N–H and O–H groups in total. The summed E-state index contributed by atoms with van der Waals surface area (Å²) < 4.78 is 11.8. The number of piperidine rings is 1. The van der Waals surface area contributed by atoms with Crippen molar-refractivity contribution in [3.63, 3.8) is 0 Å². The third-order valence-corrected chi connectivity index (χ3v) is 6.39. The Balaban J connectivity index is 1.71. The first-order valence-electron chi connectivity index (χ1n) is 12.3. The van der Waals surface area contributed by atoms with Crippen LogP contribution in [-0.2, 0) is 0 Å². The van der Waals surface area contributed by atoms with Crippen LogP contribution in [-0.4, -0.2) is 40.9 Å². The summed E-state index contributed by atoms with van der Waals surface area (Å²) in [6.45, 7) is 5.92. The van der Waals surface area contributed by atoms with Crippen LogP contribution in [0.3, 0.4) is 0 Å². The van der Waals surface area contributed by atoms with Gasteiger partial charge in [0.05, 0.1) is 11.5 Å². The molecule has 0 aliphatic carbocycles. The van der Waals surface area contributed by atoms with Crippen LogP contribution < -0.4 is 14.4 Å². The number of carbonyl (C=O) groups excluding carboxylic acids is 1. The summed E-state index contributed by atoms with van der Waals surface area (Å²) in [5.74, 6) is 1.71. The molecule has 0 radical (unpaired) electrons. The highest BCUT2D eigenvalue weighted by atomic mass is 16.6. The van der Waals surface area contributed by atoms with Crippen LogP contribution in [0.25, 0.3) is 11.1 Å². The molecule has 9 nitrogen and oxygen atoms in total. The van der Waals surface area contributed by atoms with Gasteiger partial charge in [0.25, 0.3) is 0 Å². The quantitative estimate of drug-likeness (QED) is 0.191. The van der Waals surface area contributed by atoms with E-state index < -0.39 is 4.92 Å². The average Bonchev–Trinajstić information content (AvgIpc) is 2.89. The van der Waals surface area contributed by atoms with Gasteiger partial charge in [-0.05, 0) is 43.4 Å². The van der Waals surface area contributed by atoms with Gasteiger partial charge >= 0.3 is 11.6 Å². The van der Waals surface area contributed by atoms with Gasteiger partial charge < -0.3 is 14.4 Å². The van der Waals surface area contributed by atoms with Gasteiger partial charge in [0.15, 0.2) is 0 Å². The molecule has 188 valence electrons. The van der Waals surface area contributed by atoms with E-state index >= 15 is 0 Å². The molecule has 4 rings (SSSR count). The van der Waals surface area contributed by atoms with E-state index in [-0.39, 0.29) is 17.4 Å². The van der Waals surface area contributed by atoms with Crippen molar-refractivity contribution in [3.05, 3.63) is 64.5 Å². The highest BCUT2D eigenvalue weighted by molar-refractivity contribution is 5.79. The predicted octanol–water partition coefficient (Wildman–Crippen LogP) is 6.07. The Labute approximate surface area is 210 Å². The van der Waals surface area contributed by atoms with E-state index in [0.29, 0.717) is 48.2 Å². The zero-order valence-electron chi connectivity index (χ0n) is 20.6. The summed E-state index contributed by atoms with van der Waals surface area (Å²) in [6.07, 6.45) is 6.33. The van der Waals surface area contributed by atoms with E-state index in [1.165, 1.54) is 12.7 Å². The summed E-state index contributed by atoms with van der Waals surface area (Å²) in [5.41, 5.74) is 1.76. The molecule has 0 saturated carbocycles. The van der Waals surface area contributed by atoms with Crippen molar-refractivity contribution in [2.75, 3.05) is 24.6 Å². The molecule has 1 aromatic heterocycles. The second-order valence-electron chi connectivity index (χ2n) is 8.76. The fraction of sp³-hybridized carbons (Fsp3) is 0.370. The zero-order valence-corrected chi connectivity index (χ0v) is 20.6. The molecule has 0 amide bonds. The van der Waals surface area contributed by atoms with Crippen molar-refractivity contribution in [2.45, 2.75) is 39.5 Å². The topological polar surface area (TPSA) is 108 Å². The van der Waals surface area contributed by atoms with E-state index in [1.807, 2.05) is 17.9 Å². The molecular weight excluding hydrogens is 460 g/mol. The second kappa shape index (κ2) is 11.6. The lowest BCUT2D eigenvalue weighted by Crippen LogP contribution is -2.34. The van der Waals surface area contributed by atoms with Crippen LogP contribution in [0.15, 0.2) is 48.8 Å². The SMILES string of the molecule is CCCC1CCN(c2ncnc(Oc3cc(OCC)ccc3-c3ccc(C=O)cc3)c2[N+](=O)[O-])CC1. The minimum absolute atomic E-state index is 0.125. The average molecular weight is 491 g/mol. The summed E-state index contributed by atoms with van der Waals surface area (Å²) in [6, 6.07) is 12.3. The first-order chi connectivity index (χ1) is 17.5. The molecule has 2 aromatic carbocycles. The largest absolute Gasteiger partial charge is 0.494 e. The molecule has 1 aliphatic heterocycles. The Morgan fingerprint density at radius 1 is 1.11 bits per heavy atom. The van der Waals surface area contributed by atoms with Crippen LogP contribution in [0.2, 0.25) is 0 Å². The normalized spacial score (nSPS) is 13.9. The molecule has 0 unspecified atom stereocenters. The zero-order chi connectivity index (χ0) is 25.5. The maximum atomic E-state index is 12.2. The molecule has 9 heteroatoms. The third-order valence-electron chi connectivity index (χ3n) is 6.39. The summed E-state index contributed by atoms with van der Waals surface area (Å²) in [5, 5.41) is 12.2. The lowest BCUT2D eigenvalue weighted by atomic mass is 9.92. The number of aldehydes is 1. The second-order valence-corrected chi connectivity index (χ2v) is 8.76. The van der Waals surface area contributed by atoms with Crippen molar-refractivity contribution in [1.29, 1.82) is 0 Å². The Hall–Kier alpha value is -4.01. The summed E-state index contributed by atoms with van der Waals surface area (Å²) >= 11 is 0. The Morgan fingerprint density at radius 3 is 2.50 bits per heavy atom. The third kappa shape index (κ3) is 5.62. The van der Waals surface area contributed by atoms with Gasteiger partial charge in [0.2, 0.25) is 5.82 Å². The number of nitrogens with zero attached hydrogens (tertiary/aromatic N) is 4. The number of aromatic nitrogens is 2. The maximum absolute atomic E-state index is 12.2. The van der Waals surface area contributed by atoms with Gasteiger partial charge in [-0.25, -0.2) is 4.98 Å². The van der Waals surface area contributed by atoms with E-state index in [1.54, 1.807) is 36.4 Å². The minimum Gasteiger partial charge on any atom is -0.494 e. The number of hydrogen-bond acceptors (Lipinski definition) is 8. The van der Waals surface area contributed by atoms with Crippen LogP contribution in [0.5, 0.6) is 17.4 Å². The standard InChI is InChI=1S/C27H30N4O5/c1-3-5-19-12-14-30(15-13-19)26-25(31(33)34)27(29-18-28-26)36-24-16-22(35-4-2)10-11-23(24)21-8-6-20(17-32)7-9-21/h6-11,16-19H,3-5,12-15H2,1-2H3. The van der Waals surface area contributed by atoms with Crippen molar-refractivity contribution in [1.82, 2.24) is 9.97 Å². The van der Waals surface area contributed by atoms with Gasteiger partial charge in [-0.3, -0.25) is 14.9 Å². The summed E-state index contributed by atoms with van der Waals surface area (Å²) in [7, 11) is 0. The van der Waals surface area contributed by atoms with Crippen LogP contribution in [0.1, 0.15) is 49.9 Å². The number of hydrogen-bond donors (Lipinski definition) is 0.